The van der Waals surface area contributed by atoms with Gasteiger partial charge in [-0.1, -0.05) is 12.1 Å². The number of anilines is 1. The summed E-state index contributed by atoms with van der Waals surface area (Å²) in [7, 11) is -3.69. The molecule has 0 N–H and O–H groups in total. The molecular weight excluding hydrogens is 412 g/mol. The van der Waals surface area contributed by atoms with Gasteiger partial charge in [-0.3, -0.25) is 4.79 Å². The third-order valence-electron chi connectivity index (χ3n) is 5.55. The lowest BCUT2D eigenvalue weighted by Crippen LogP contribution is -2.44. The highest BCUT2D eigenvalue weighted by molar-refractivity contribution is 7.90. The number of nitrogens with zero attached hydrogens (tertiary/aromatic N) is 3. The molecule has 2 aliphatic heterocycles. The van der Waals surface area contributed by atoms with E-state index in [-0.39, 0.29) is 16.7 Å². The van der Waals surface area contributed by atoms with Crippen molar-refractivity contribution >= 4 is 27.5 Å². The maximum absolute atomic E-state index is 13.6. The number of fused-ring (bicyclic) bond motifs is 1. The Morgan fingerprint density at radius 1 is 1.13 bits per heavy atom. The molecule has 2 heterocycles. The molecule has 0 spiro atoms. The molecule has 0 unspecified atom stereocenters. The molecule has 9 heteroatoms. The van der Waals surface area contributed by atoms with Crippen LogP contribution in [-0.4, -0.2) is 44.7 Å². The Kier molecular flexibility index (Phi) is 5.31. The fourth-order valence-corrected chi connectivity index (χ4v) is 5.22. The van der Waals surface area contributed by atoms with E-state index >= 15 is 0 Å². The molecule has 4 rings (SSSR count). The molecule has 2 aliphatic rings. The van der Waals surface area contributed by atoms with Gasteiger partial charge in [0, 0.05) is 42.9 Å². The van der Waals surface area contributed by atoms with Crippen molar-refractivity contribution in [1.29, 1.82) is 0 Å². The van der Waals surface area contributed by atoms with Gasteiger partial charge in [0.2, 0.25) is 5.91 Å². The van der Waals surface area contributed by atoms with Gasteiger partial charge in [0.25, 0.3) is 10.0 Å². The number of amides is 1. The first-order valence-electron chi connectivity index (χ1n) is 9.77. The second-order valence-corrected chi connectivity index (χ2v) is 8.90. The van der Waals surface area contributed by atoms with Gasteiger partial charge in [-0.25, -0.2) is 8.78 Å². The van der Waals surface area contributed by atoms with E-state index in [2.05, 4.69) is 4.40 Å². The number of carbonyl (C=O) groups excluding carboxylic acids is 1. The maximum atomic E-state index is 13.6. The van der Waals surface area contributed by atoms with Gasteiger partial charge in [-0.15, -0.1) is 4.40 Å². The molecule has 1 fully saturated rings. The fraction of sp³-hybridized carbons (Fsp3) is 0.333. The third kappa shape index (κ3) is 3.58. The topological polar surface area (TPSA) is 70.1 Å². The number of hydrogen-bond acceptors (Lipinski definition) is 4. The van der Waals surface area contributed by atoms with Crippen molar-refractivity contribution in [2.45, 2.75) is 24.7 Å². The Hall–Kier alpha value is -2.81. The van der Waals surface area contributed by atoms with Crippen molar-refractivity contribution < 1.29 is 22.0 Å². The number of sulfonamides is 1. The van der Waals surface area contributed by atoms with Crippen LogP contribution in [0, 0.1) is 17.6 Å². The van der Waals surface area contributed by atoms with Gasteiger partial charge >= 0.3 is 0 Å². The normalized spacial score (nSPS) is 18.1. The van der Waals surface area contributed by atoms with Gasteiger partial charge in [-0.05, 0) is 44.0 Å². The van der Waals surface area contributed by atoms with Crippen molar-refractivity contribution in [2.75, 3.05) is 24.5 Å². The van der Waals surface area contributed by atoms with Gasteiger partial charge < -0.3 is 9.80 Å². The summed E-state index contributed by atoms with van der Waals surface area (Å²) in [6.07, 6.45) is 1.03. The molecule has 158 valence electrons. The number of benzene rings is 2. The van der Waals surface area contributed by atoms with Crippen LogP contribution in [0.2, 0.25) is 0 Å². The lowest BCUT2D eigenvalue weighted by molar-refractivity contribution is -0.123. The summed E-state index contributed by atoms with van der Waals surface area (Å²) in [5.74, 6) is -1.96. The van der Waals surface area contributed by atoms with E-state index in [0.717, 1.165) is 12.1 Å². The van der Waals surface area contributed by atoms with Crippen LogP contribution in [0.15, 0.2) is 51.8 Å². The van der Waals surface area contributed by atoms with Crippen LogP contribution in [0.1, 0.15) is 25.3 Å². The third-order valence-corrected chi connectivity index (χ3v) is 6.88. The van der Waals surface area contributed by atoms with Crippen LogP contribution in [0.3, 0.4) is 0 Å². The van der Waals surface area contributed by atoms with E-state index in [0.29, 0.717) is 49.6 Å². The quantitative estimate of drug-likeness (QED) is 0.746. The van der Waals surface area contributed by atoms with Gasteiger partial charge in [-0.2, -0.15) is 8.42 Å². The average Bonchev–Trinajstić information content (AvgIpc) is 3.02. The smallest absolute Gasteiger partial charge is 0.285 e. The van der Waals surface area contributed by atoms with E-state index in [4.69, 9.17) is 0 Å². The minimum atomic E-state index is -3.69. The molecule has 1 amide bonds. The minimum absolute atomic E-state index is 0.149. The Bertz CT molecular complexity index is 1130. The molecule has 6 nitrogen and oxygen atoms in total. The SMILES string of the molecule is CCN(C(=O)C1CCN(C2=NS(=O)(=O)c3ccccc32)CC1)c1ccc(F)c(F)c1. The van der Waals surface area contributed by atoms with Gasteiger partial charge in [0.15, 0.2) is 17.5 Å². The van der Waals surface area contributed by atoms with E-state index in [1.807, 2.05) is 4.90 Å². The van der Waals surface area contributed by atoms with Crippen LogP contribution in [-0.2, 0) is 14.8 Å². The van der Waals surface area contributed by atoms with Crippen molar-refractivity contribution in [3.63, 3.8) is 0 Å². The van der Waals surface area contributed by atoms with E-state index < -0.39 is 21.7 Å². The number of likely N-dealkylation sites (tertiary alicyclic amines) is 1. The molecule has 30 heavy (non-hydrogen) atoms. The molecule has 0 bridgehead atoms. The Morgan fingerprint density at radius 2 is 1.83 bits per heavy atom. The molecule has 0 aliphatic carbocycles. The largest absolute Gasteiger partial charge is 0.355 e. The number of rotatable bonds is 3. The molecule has 0 atom stereocenters. The second kappa shape index (κ2) is 7.79. The maximum Gasteiger partial charge on any atom is 0.285 e. The Morgan fingerprint density at radius 3 is 2.50 bits per heavy atom. The van der Waals surface area contributed by atoms with Crippen LogP contribution in [0.5, 0.6) is 0 Å². The van der Waals surface area contributed by atoms with Crippen LogP contribution >= 0.6 is 0 Å². The molecule has 1 saturated heterocycles. The monoisotopic (exact) mass is 433 g/mol. The highest BCUT2D eigenvalue weighted by Crippen LogP contribution is 2.30. The number of halogens is 2. The number of carbonyl (C=O) groups is 1. The highest BCUT2D eigenvalue weighted by atomic mass is 32.2. The van der Waals surface area contributed by atoms with E-state index in [1.165, 1.54) is 11.0 Å². The van der Waals surface area contributed by atoms with Crippen LogP contribution in [0.4, 0.5) is 14.5 Å². The lowest BCUT2D eigenvalue weighted by atomic mass is 9.94. The minimum Gasteiger partial charge on any atom is -0.355 e. The molecular formula is C21H21F2N3O3S. The lowest BCUT2D eigenvalue weighted by Gasteiger charge is -2.35. The zero-order chi connectivity index (χ0) is 21.5. The molecule has 0 radical (unpaired) electrons. The molecule has 2 aromatic rings. The Labute approximate surface area is 173 Å². The van der Waals surface area contributed by atoms with Crippen molar-refractivity contribution in [3.05, 3.63) is 59.7 Å². The summed E-state index contributed by atoms with van der Waals surface area (Å²) < 4.78 is 55.3. The van der Waals surface area contributed by atoms with Crippen LogP contribution < -0.4 is 4.90 Å². The molecule has 0 aromatic heterocycles. The van der Waals surface area contributed by atoms with Crippen molar-refractivity contribution in [2.24, 2.45) is 10.3 Å². The second-order valence-electron chi connectivity index (χ2n) is 7.33. The summed E-state index contributed by atoms with van der Waals surface area (Å²) in [6, 6.07) is 10.1. The summed E-state index contributed by atoms with van der Waals surface area (Å²) in [5, 5.41) is 0. The number of piperidine rings is 1. The van der Waals surface area contributed by atoms with Gasteiger partial charge in [0.05, 0.1) is 0 Å². The predicted octanol–water partition coefficient (Wildman–Crippen LogP) is 3.18. The average molecular weight is 433 g/mol. The first-order valence-corrected chi connectivity index (χ1v) is 11.2. The van der Waals surface area contributed by atoms with Crippen LogP contribution in [0.25, 0.3) is 0 Å². The van der Waals surface area contributed by atoms with Gasteiger partial charge in [0.1, 0.15) is 4.90 Å². The van der Waals surface area contributed by atoms with Crippen molar-refractivity contribution in [3.8, 4) is 0 Å². The zero-order valence-electron chi connectivity index (χ0n) is 16.4. The predicted molar refractivity (Wildman–Crippen MR) is 109 cm³/mol. The van der Waals surface area contributed by atoms with E-state index in [9.17, 15) is 22.0 Å². The first-order chi connectivity index (χ1) is 14.3. The standard InChI is InChI=1S/C21H21F2N3O3S/c1-2-26(15-7-8-17(22)18(23)13-15)21(27)14-9-11-25(12-10-14)20-16-5-3-4-6-19(16)30(28,29)24-20/h3-8,13-14H,2,9-12H2,1H3. The number of hydrogen-bond donors (Lipinski definition) is 0. The number of amidine groups is 1. The Balaban J connectivity index is 1.48. The summed E-state index contributed by atoms with van der Waals surface area (Å²) in [6.45, 7) is 3.08. The van der Waals surface area contributed by atoms with Crippen molar-refractivity contribution in [1.82, 2.24) is 4.90 Å². The summed E-state index contributed by atoms with van der Waals surface area (Å²) in [5.41, 5.74) is 0.906. The molecule has 2 aromatic carbocycles. The highest BCUT2D eigenvalue weighted by Gasteiger charge is 2.35. The first kappa shape index (κ1) is 20.5. The molecule has 0 saturated carbocycles. The fourth-order valence-electron chi connectivity index (χ4n) is 3.99. The zero-order valence-corrected chi connectivity index (χ0v) is 17.2. The summed E-state index contributed by atoms with van der Waals surface area (Å²) in [4.78, 5) is 16.6. The summed E-state index contributed by atoms with van der Waals surface area (Å²) >= 11 is 0. The van der Waals surface area contributed by atoms with E-state index in [1.54, 1.807) is 31.2 Å².